The molecule has 1 amide bonds. The topological polar surface area (TPSA) is 49.3 Å². The lowest BCUT2D eigenvalue weighted by molar-refractivity contribution is -0.124. The molecule has 3 nitrogen and oxygen atoms in total. The maximum Gasteiger partial charge on any atom is 0.245 e. The van der Waals surface area contributed by atoms with Gasteiger partial charge < -0.3 is 10.4 Å². The summed E-state index contributed by atoms with van der Waals surface area (Å²) in [6, 6.07) is 10.3. The molecule has 0 aromatic heterocycles. The molecule has 0 spiro atoms. The van der Waals surface area contributed by atoms with E-state index in [1.807, 2.05) is 18.2 Å². The van der Waals surface area contributed by atoms with Crippen LogP contribution in [0.25, 0.3) is 0 Å². The van der Waals surface area contributed by atoms with E-state index >= 15 is 0 Å². The highest BCUT2D eigenvalue weighted by Gasteiger charge is 2.31. The molecule has 1 aliphatic carbocycles. The van der Waals surface area contributed by atoms with Crippen LogP contribution < -0.4 is 5.32 Å². The molecule has 0 saturated heterocycles. The van der Waals surface area contributed by atoms with Gasteiger partial charge in [-0.05, 0) is 30.7 Å². The number of hydrogen-bond donors (Lipinski definition) is 2. The lowest BCUT2D eigenvalue weighted by Crippen LogP contribution is -2.39. The maximum absolute atomic E-state index is 11.2. The first-order valence-electron chi connectivity index (χ1n) is 5.73. The van der Waals surface area contributed by atoms with Gasteiger partial charge in [-0.1, -0.05) is 30.3 Å². The molecule has 2 N–H and O–H groups in total. The van der Waals surface area contributed by atoms with Gasteiger partial charge in [-0.15, -0.1) is 0 Å². The van der Waals surface area contributed by atoms with Crippen LogP contribution in [0.2, 0.25) is 0 Å². The van der Waals surface area contributed by atoms with Crippen molar-refractivity contribution in [1.82, 2.24) is 5.32 Å². The summed E-state index contributed by atoms with van der Waals surface area (Å²) in [4.78, 5) is 11.2. The van der Waals surface area contributed by atoms with Crippen LogP contribution in [0.5, 0.6) is 0 Å². The minimum atomic E-state index is -0.419. The highest BCUT2D eigenvalue weighted by atomic mass is 16.3. The molecule has 1 saturated carbocycles. The van der Waals surface area contributed by atoms with Crippen molar-refractivity contribution in [3.8, 4) is 0 Å². The first-order chi connectivity index (χ1) is 7.79. The minimum absolute atomic E-state index is 0.182. The van der Waals surface area contributed by atoms with Crippen molar-refractivity contribution in [3.63, 3.8) is 0 Å². The first-order valence-corrected chi connectivity index (χ1v) is 5.73. The molecule has 2 rings (SSSR count). The molecular formula is C13H17NO2. The number of hydrogen-bond acceptors (Lipinski definition) is 2. The zero-order valence-corrected chi connectivity index (χ0v) is 9.23. The molecule has 0 aliphatic heterocycles. The number of aliphatic hydroxyl groups is 1. The monoisotopic (exact) mass is 219 g/mol. The Hall–Kier alpha value is -1.35. The third kappa shape index (κ3) is 3.07. The summed E-state index contributed by atoms with van der Waals surface area (Å²) in [7, 11) is 0. The molecule has 1 atom stereocenters. The van der Waals surface area contributed by atoms with Gasteiger partial charge in [-0.25, -0.2) is 0 Å². The second kappa shape index (κ2) is 5.12. The Kier molecular flexibility index (Phi) is 3.57. The zero-order valence-electron chi connectivity index (χ0n) is 9.23. The zero-order chi connectivity index (χ0) is 11.4. The second-order valence-electron chi connectivity index (χ2n) is 4.36. The molecule has 1 aromatic carbocycles. The number of rotatable bonds is 5. The van der Waals surface area contributed by atoms with Crippen LogP contribution in [-0.2, 0) is 11.2 Å². The number of carbonyl (C=O) groups excluding carboxylic acids is 1. The summed E-state index contributed by atoms with van der Waals surface area (Å²) in [5, 5.41) is 11.6. The second-order valence-corrected chi connectivity index (χ2v) is 4.36. The van der Waals surface area contributed by atoms with Gasteiger partial charge in [0.25, 0.3) is 0 Å². The molecular weight excluding hydrogens is 202 g/mol. The number of benzene rings is 1. The Labute approximate surface area is 95.5 Å². The SMILES string of the molecule is O=C(CO)NC(Cc1ccccc1)C1CC1. The molecule has 1 aromatic rings. The largest absolute Gasteiger partial charge is 0.387 e. The van der Waals surface area contributed by atoms with Gasteiger partial charge in [0.1, 0.15) is 6.61 Å². The normalized spacial score (nSPS) is 16.8. The summed E-state index contributed by atoms with van der Waals surface area (Å²) < 4.78 is 0. The van der Waals surface area contributed by atoms with Gasteiger partial charge in [0, 0.05) is 6.04 Å². The highest BCUT2D eigenvalue weighted by molar-refractivity contribution is 5.77. The summed E-state index contributed by atoms with van der Waals surface area (Å²) in [5.74, 6) is 0.323. The van der Waals surface area contributed by atoms with Crippen molar-refractivity contribution < 1.29 is 9.90 Å². The predicted molar refractivity (Wildman–Crippen MR) is 61.9 cm³/mol. The maximum atomic E-state index is 11.2. The van der Waals surface area contributed by atoms with Crippen molar-refractivity contribution in [2.24, 2.45) is 5.92 Å². The van der Waals surface area contributed by atoms with Gasteiger partial charge in [0.15, 0.2) is 0 Å². The predicted octanol–water partition coefficient (Wildman–Crippen LogP) is 1.12. The quantitative estimate of drug-likeness (QED) is 0.779. The van der Waals surface area contributed by atoms with E-state index in [0.717, 1.165) is 6.42 Å². The van der Waals surface area contributed by atoms with Crippen molar-refractivity contribution in [3.05, 3.63) is 35.9 Å². The summed E-state index contributed by atoms with van der Waals surface area (Å²) in [6.45, 7) is -0.419. The molecule has 1 aliphatic rings. The van der Waals surface area contributed by atoms with Crippen molar-refractivity contribution in [2.75, 3.05) is 6.61 Å². The Morgan fingerprint density at radius 1 is 1.38 bits per heavy atom. The Bertz CT molecular complexity index is 346. The molecule has 1 fully saturated rings. The van der Waals surface area contributed by atoms with E-state index in [9.17, 15) is 4.79 Å². The molecule has 3 heteroatoms. The van der Waals surface area contributed by atoms with Crippen LogP contribution in [0.15, 0.2) is 30.3 Å². The van der Waals surface area contributed by atoms with Crippen LogP contribution >= 0.6 is 0 Å². The smallest absolute Gasteiger partial charge is 0.245 e. The van der Waals surface area contributed by atoms with Crippen molar-refractivity contribution in [1.29, 1.82) is 0 Å². The number of carbonyl (C=O) groups is 1. The molecule has 0 radical (unpaired) electrons. The average Bonchev–Trinajstić information content (AvgIpc) is 3.13. The fraction of sp³-hybridized carbons (Fsp3) is 0.462. The summed E-state index contributed by atoms with van der Waals surface area (Å²) >= 11 is 0. The van der Waals surface area contributed by atoms with E-state index in [1.54, 1.807) is 0 Å². The fourth-order valence-corrected chi connectivity index (χ4v) is 1.95. The Morgan fingerprint density at radius 2 is 2.06 bits per heavy atom. The van der Waals surface area contributed by atoms with Gasteiger partial charge >= 0.3 is 0 Å². The van der Waals surface area contributed by atoms with E-state index in [1.165, 1.54) is 18.4 Å². The fourth-order valence-electron chi connectivity index (χ4n) is 1.95. The van der Waals surface area contributed by atoms with E-state index in [2.05, 4.69) is 17.4 Å². The lowest BCUT2D eigenvalue weighted by Gasteiger charge is -2.17. The number of amides is 1. The minimum Gasteiger partial charge on any atom is -0.387 e. The average molecular weight is 219 g/mol. The van der Waals surface area contributed by atoms with Gasteiger partial charge in [-0.2, -0.15) is 0 Å². The van der Waals surface area contributed by atoms with Crippen LogP contribution in [-0.4, -0.2) is 23.7 Å². The van der Waals surface area contributed by atoms with Crippen LogP contribution in [0, 0.1) is 5.92 Å². The van der Waals surface area contributed by atoms with E-state index in [0.29, 0.717) is 5.92 Å². The van der Waals surface area contributed by atoms with Gasteiger partial charge in [0.05, 0.1) is 0 Å². The molecule has 86 valence electrons. The summed E-state index contributed by atoms with van der Waals surface area (Å²) in [5.41, 5.74) is 1.23. The van der Waals surface area contributed by atoms with Crippen molar-refractivity contribution >= 4 is 5.91 Å². The molecule has 0 bridgehead atoms. The lowest BCUT2D eigenvalue weighted by atomic mass is 10.0. The number of aliphatic hydroxyl groups excluding tert-OH is 1. The van der Waals surface area contributed by atoms with Gasteiger partial charge in [0.2, 0.25) is 5.91 Å². The van der Waals surface area contributed by atoms with E-state index in [4.69, 9.17) is 5.11 Å². The summed E-state index contributed by atoms with van der Waals surface area (Å²) in [6.07, 6.45) is 3.23. The molecule has 1 unspecified atom stereocenters. The standard InChI is InChI=1S/C13H17NO2/c15-9-13(16)14-12(11-6-7-11)8-10-4-2-1-3-5-10/h1-5,11-12,15H,6-9H2,(H,14,16). The van der Waals surface area contributed by atoms with E-state index < -0.39 is 6.61 Å². The molecule has 16 heavy (non-hydrogen) atoms. The first kappa shape index (κ1) is 11.1. The van der Waals surface area contributed by atoms with Crippen LogP contribution in [0.4, 0.5) is 0 Å². The van der Waals surface area contributed by atoms with Crippen LogP contribution in [0.3, 0.4) is 0 Å². The Morgan fingerprint density at radius 3 is 2.62 bits per heavy atom. The Balaban J connectivity index is 1.95. The van der Waals surface area contributed by atoms with E-state index in [-0.39, 0.29) is 11.9 Å². The van der Waals surface area contributed by atoms with Crippen molar-refractivity contribution in [2.45, 2.75) is 25.3 Å². The third-order valence-electron chi connectivity index (χ3n) is 2.98. The van der Waals surface area contributed by atoms with Crippen LogP contribution in [0.1, 0.15) is 18.4 Å². The highest BCUT2D eigenvalue weighted by Crippen LogP contribution is 2.34. The molecule has 0 heterocycles. The number of nitrogens with one attached hydrogen (secondary N) is 1. The third-order valence-corrected chi connectivity index (χ3v) is 2.98. The van der Waals surface area contributed by atoms with Gasteiger partial charge in [-0.3, -0.25) is 4.79 Å².